The summed E-state index contributed by atoms with van der Waals surface area (Å²) in [5.41, 5.74) is 4.64. The van der Waals surface area contributed by atoms with Crippen LogP contribution in [-0.2, 0) is 24.2 Å². The first-order valence-corrected chi connectivity index (χ1v) is 11.4. The van der Waals surface area contributed by atoms with Crippen LogP contribution in [0, 0.1) is 13.8 Å². The fourth-order valence-corrected chi connectivity index (χ4v) is 4.93. The Morgan fingerprint density at radius 1 is 1.19 bits per heavy atom. The van der Waals surface area contributed by atoms with Gasteiger partial charge in [-0.15, -0.1) is 11.3 Å². The topological polar surface area (TPSA) is 67.4 Å². The van der Waals surface area contributed by atoms with Crippen LogP contribution >= 0.6 is 11.3 Å². The highest BCUT2D eigenvalue weighted by Gasteiger charge is 2.22. The third-order valence-corrected chi connectivity index (χ3v) is 6.37. The number of fused-ring (bicyclic) bond motifs is 1. The molecule has 1 aliphatic rings. The van der Waals surface area contributed by atoms with E-state index in [9.17, 15) is 4.79 Å². The quantitative estimate of drug-likeness (QED) is 0.616. The molecule has 7 heteroatoms. The van der Waals surface area contributed by atoms with Crippen LogP contribution in [0.2, 0.25) is 0 Å². The zero-order valence-corrected chi connectivity index (χ0v) is 19.3. The average Bonchev–Trinajstić information content (AvgIpc) is 3.04. The van der Waals surface area contributed by atoms with E-state index in [1.807, 2.05) is 32.2 Å². The number of carbonyl (C=O) groups excluding carboxylic acids is 1. The van der Waals surface area contributed by atoms with Gasteiger partial charge in [-0.3, -0.25) is 14.7 Å². The van der Waals surface area contributed by atoms with Crippen molar-refractivity contribution in [2.75, 3.05) is 11.9 Å². The molecule has 1 amide bonds. The van der Waals surface area contributed by atoms with Crippen LogP contribution in [0.4, 0.5) is 5.13 Å². The van der Waals surface area contributed by atoms with Gasteiger partial charge in [0.05, 0.1) is 0 Å². The van der Waals surface area contributed by atoms with Crippen molar-refractivity contribution < 1.29 is 9.53 Å². The van der Waals surface area contributed by atoms with Crippen LogP contribution in [0.15, 0.2) is 36.5 Å². The Morgan fingerprint density at radius 2 is 1.97 bits per heavy atom. The number of hydrogen-bond acceptors (Lipinski definition) is 6. The summed E-state index contributed by atoms with van der Waals surface area (Å²) in [6.07, 6.45) is 3.84. The number of thiazole rings is 1. The molecule has 1 atom stereocenters. The second-order valence-electron chi connectivity index (χ2n) is 8.20. The Kier molecular flexibility index (Phi) is 6.34. The second kappa shape index (κ2) is 9.16. The fraction of sp³-hybridized carbons (Fsp3) is 0.375. The molecule has 2 aromatic heterocycles. The molecule has 1 aromatic carbocycles. The largest absolute Gasteiger partial charge is 0.457 e. The molecule has 0 saturated carbocycles. The van der Waals surface area contributed by atoms with Crippen molar-refractivity contribution in [1.29, 1.82) is 0 Å². The van der Waals surface area contributed by atoms with Gasteiger partial charge >= 0.3 is 0 Å². The van der Waals surface area contributed by atoms with Crippen molar-refractivity contribution in [3.8, 4) is 11.5 Å². The Bertz CT molecular complexity index is 1070. The van der Waals surface area contributed by atoms with Crippen LogP contribution in [0.25, 0.3) is 0 Å². The normalized spacial score (nSPS) is 16.5. The van der Waals surface area contributed by atoms with E-state index in [0.29, 0.717) is 11.2 Å². The van der Waals surface area contributed by atoms with E-state index in [0.717, 1.165) is 53.7 Å². The van der Waals surface area contributed by atoms with Gasteiger partial charge in [0, 0.05) is 60.6 Å². The van der Waals surface area contributed by atoms with E-state index in [4.69, 9.17) is 4.74 Å². The van der Waals surface area contributed by atoms with Gasteiger partial charge < -0.3 is 10.1 Å². The molecule has 0 saturated heterocycles. The maximum Gasteiger partial charge on any atom is 0.223 e. The number of carbonyl (C=O) groups is 1. The number of aromatic nitrogens is 2. The summed E-state index contributed by atoms with van der Waals surface area (Å²) in [6.45, 7) is 9.57. The molecule has 4 rings (SSSR count). The molecule has 1 aliphatic heterocycles. The lowest BCUT2D eigenvalue weighted by Gasteiger charge is -2.26. The van der Waals surface area contributed by atoms with Crippen molar-refractivity contribution in [2.24, 2.45) is 0 Å². The van der Waals surface area contributed by atoms with E-state index in [1.165, 1.54) is 18.1 Å². The van der Waals surface area contributed by atoms with Crippen LogP contribution in [-0.4, -0.2) is 33.4 Å². The third-order valence-electron chi connectivity index (χ3n) is 5.47. The van der Waals surface area contributed by atoms with Gasteiger partial charge in [-0.25, -0.2) is 4.98 Å². The van der Waals surface area contributed by atoms with E-state index in [-0.39, 0.29) is 5.91 Å². The second-order valence-corrected chi connectivity index (χ2v) is 9.32. The minimum absolute atomic E-state index is 0.0883. The highest BCUT2D eigenvalue weighted by Crippen LogP contribution is 2.29. The molecule has 0 bridgehead atoms. The van der Waals surface area contributed by atoms with Gasteiger partial charge in [0.2, 0.25) is 5.91 Å². The fourth-order valence-electron chi connectivity index (χ4n) is 4.05. The van der Waals surface area contributed by atoms with Crippen molar-refractivity contribution in [2.45, 2.75) is 53.1 Å². The summed E-state index contributed by atoms with van der Waals surface area (Å²) in [5.74, 6) is 1.61. The van der Waals surface area contributed by atoms with E-state index < -0.39 is 0 Å². The van der Waals surface area contributed by atoms with Gasteiger partial charge in [0.1, 0.15) is 11.5 Å². The predicted octanol–water partition coefficient (Wildman–Crippen LogP) is 4.89. The van der Waals surface area contributed by atoms with Gasteiger partial charge in [-0.2, -0.15) is 0 Å². The minimum atomic E-state index is -0.0883. The highest BCUT2D eigenvalue weighted by atomic mass is 32.1. The Balaban J connectivity index is 1.45. The van der Waals surface area contributed by atoms with E-state index in [2.05, 4.69) is 45.3 Å². The molecule has 162 valence electrons. The number of pyridine rings is 1. The predicted molar refractivity (Wildman–Crippen MR) is 124 cm³/mol. The van der Waals surface area contributed by atoms with Crippen LogP contribution in [0.3, 0.4) is 0 Å². The van der Waals surface area contributed by atoms with Crippen molar-refractivity contribution in [3.05, 3.63) is 63.9 Å². The molecule has 0 aliphatic carbocycles. The number of nitrogens with zero attached hydrogens (tertiary/aromatic N) is 3. The monoisotopic (exact) mass is 436 g/mol. The summed E-state index contributed by atoms with van der Waals surface area (Å²) >= 11 is 1.54. The summed E-state index contributed by atoms with van der Waals surface area (Å²) in [6, 6.07) is 10.8. The molecule has 0 fully saturated rings. The highest BCUT2D eigenvalue weighted by molar-refractivity contribution is 7.15. The lowest BCUT2D eigenvalue weighted by Crippen LogP contribution is -2.33. The van der Waals surface area contributed by atoms with E-state index >= 15 is 0 Å². The number of rotatable bonds is 5. The summed E-state index contributed by atoms with van der Waals surface area (Å²) in [5, 5.41) is 3.43. The average molecular weight is 437 g/mol. The maximum absolute atomic E-state index is 11.2. The summed E-state index contributed by atoms with van der Waals surface area (Å²) in [4.78, 5) is 23.6. The molecule has 3 aromatic rings. The van der Waals surface area contributed by atoms with Crippen molar-refractivity contribution in [3.63, 3.8) is 0 Å². The lowest BCUT2D eigenvalue weighted by molar-refractivity contribution is -0.114. The van der Waals surface area contributed by atoms with Crippen LogP contribution in [0.5, 0.6) is 11.5 Å². The smallest absolute Gasteiger partial charge is 0.223 e. The number of hydrogen-bond donors (Lipinski definition) is 1. The number of amides is 1. The van der Waals surface area contributed by atoms with Crippen molar-refractivity contribution in [1.82, 2.24) is 14.9 Å². The summed E-state index contributed by atoms with van der Waals surface area (Å²) < 4.78 is 6.14. The zero-order valence-electron chi connectivity index (χ0n) is 18.4. The Morgan fingerprint density at radius 3 is 2.71 bits per heavy atom. The number of aryl methyl sites for hydroxylation is 2. The molecule has 31 heavy (non-hydrogen) atoms. The maximum atomic E-state index is 11.2. The third kappa shape index (κ3) is 5.48. The first-order chi connectivity index (χ1) is 14.9. The molecule has 1 N–H and O–H groups in total. The molecule has 0 radical (unpaired) electrons. The SMILES string of the molecule is CC(=O)Nc1ncc(CN2CCc3ccc(Oc4cc(C)nc(C)c4)cc3C[C@@H]2C)s1. The van der Waals surface area contributed by atoms with Crippen molar-refractivity contribution >= 4 is 22.4 Å². The van der Waals surface area contributed by atoms with Gasteiger partial charge in [0.25, 0.3) is 0 Å². The number of nitrogens with one attached hydrogen (secondary N) is 1. The zero-order chi connectivity index (χ0) is 22.0. The first kappa shape index (κ1) is 21.5. The van der Waals surface area contributed by atoms with Gasteiger partial charge in [0.15, 0.2) is 5.13 Å². The standard InChI is InChI=1S/C24H28N4O2S/c1-15-9-22(10-16(2)26-15)30-21-6-5-19-7-8-28(17(3)11-20(19)12-21)14-23-13-25-24(31-23)27-18(4)29/h5-6,9-10,12-13,17H,7-8,11,14H2,1-4H3,(H,25,27,29)/t17-/m0/s1. The van der Waals surface area contributed by atoms with Gasteiger partial charge in [-0.1, -0.05) is 6.07 Å². The lowest BCUT2D eigenvalue weighted by atomic mass is 10.0. The number of benzene rings is 1. The molecule has 3 heterocycles. The number of anilines is 1. The van der Waals surface area contributed by atoms with E-state index in [1.54, 1.807) is 11.3 Å². The first-order valence-electron chi connectivity index (χ1n) is 10.6. The van der Waals surface area contributed by atoms with Crippen LogP contribution in [0.1, 0.15) is 41.2 Å². The number of ether oxygens (including phenoxy) is 1. The molecule has 0 unspecified atom stereocenters. The van der Waals surface area contributed by atoms with Gasteiger partial charge in [-0.05, 0) is 56.9 Å². The minimum Gasteiger partial charge on any atom is -0.457 e. The Labute approximate surface area is 187 Å². The molecular formula is C24H28N4O2S. The van der Waals surface area contributed by atoms with Crippen LogP contribution < -0.4 is 10.1 Å². The summed E-state index contributed by atoms with van der Waals surface area (Å²) in [7, 11) is 0. The molecular weight excluding hydrogens is 408 g/mol. The Hall–Kier alpha value is -2.77. The molecule has 6 nitrogen and oxygen atoms in total. The molecule has 0 spiro atoms.